The summed E-state index contributed by atoms with van der Waals surface area (Å²) in [5, 5.41) is 0. The van der Waals surface area contributed by atoms with Crippen LogP contribution in [0.15, 0.2) is 23.1 Å². The zero-order chi connectivity index (χ0) is 8.39. The molecule has 2 N–H and O–H groups in total. The van der Waals surface area contributed by atoms with Crippen LogP contribution < -0.4 is 5.73 Å². The van der Waals surface area contributed by atoms with Crippen LogP contribution in [0.25, 0.3) is 0 Å². The Bertz CT molecular complexity index is 283. The van der Waals surface area contributed by atoms with Crippen LogP contribution in [0.1, 0.15) is 11.1 Å². The Morgan fingerprint density at radius 1 is 1.42 bits per heavy atom. The van der Waals surface area contributed by atoms with Gasteiger partial charge < -0.3 is 5.73 Å². The second-order valence-corrected chi connectivity index (χ2v) is 4.22. The van der Waals surface area contributed by atoms with Crippen molar-refractivity contribution in [2.75, 3.05) is 12.3 Å². The van der Waals surface area contributed by atoms with Crippen LogP contribution in [0.2, 0.25) is 0 Å². The maximum absolute atomic E-state index is 5.50. The number of aryl methyl sites for hydroxylation is 1. The normalized spacial score (nSPS) is 14.8. The summed E-state index contributed by atoms with van der Waals surface area (Å²) in [5.74, 6) is 1.25. The van der Waals surface area contributed by atoms with E-state index in [1.807, 2.05) is 11.8 Å². The molecule has 0 bridgehead atoms. The summed E-state index contributed by atoms with van der Waals surface area (Å²) in [4.78, 5) is 1.47. The summed E-state index contributed by atoms with van der Waals surface area (Å²) >= 11 is 1.96. The first-order valence-corrected chi connectivity index (χ1v) is 5.33. The van der Waals surface area contributed by atoms with Gasteiger partial charge >= 0.3 is 0 Å². The number of hydrogen-bond acceptors (Lipinski definition) is 2. The molecule has 0 amide bonds. The third kappa shape index (κ3) is 1.50. The smallest absolute Gasteiger partial charge is 0.0105 e. The molecule has 0 aliphatic carbocycles. The standard InChI is InChI=1S/C10H13NS/c11-5-3-8-1-2-10-9(7-8)4-6-12-10/h1-2,7H,3-6,11H2. The lowest BCUT2D eigenvalue weighted by molar-refractivity contribution is 0.959. The van der Waals surface area contributed by atoms with Crippen LogP contribution in [-0.2, 0) is 12.8 Å². The Kier molecular flexibility index (Phi) is 2.38. The van der Waals surface area contributed by atoms with Crippen molar-refractivity contribution in [3.63, 3.8) is 0 Å². The van der Waals surface area contributed by atoms with E-state index in [2.05, 4.69) is 18.2 Å². The molecule has 0 spiro atoms. The second-order valence-electron chi connectivity index (χ2n) is 3.08. The van der Waals surface area contributed by atoms with E-state index < -0.39 is 0 Å². The third-order valence-corrected chi connectivity index (χ3v) is 3.30. The lowest BCUT2D eigenvalue weighted by Gasteiger charge is -2.01. The van der Waals surface area contributed by atoms with Gasteiger partial charge in [-0.3, -0.25) is 0 Å². The van der Waals surface area contributed by atoms with Crippen molar-refractivity contribution in [2.45, 2.75) is 17.7 Å². The van der Waals surface area contributed by atoms with Crippen LogP contribution in [-0.4, -0.2) is 12.3 Å². The predicted octanol–water partition coefficient (Wildman–Crippen LogP) is 1.84. The maximum atomic E-state index is 5.50. The van der Waals surface area contributed by atoms with E-state index in [0.717, 1.165) is 13.0 Å². The highest BCUT2D eigenvalue weighted by Gasteiger charge is 2.10. The van der Waals surface area contributed by atoms with Gasteiger partial charge in [-0.25, -0.2) is 0 Å². The van der Waals surface area contributed by atoms with Gasteiger partial charge in [0.15, 0.2) is 0 Å². The maximum Gasteiger partial charge on any atom is 0.0105 e. The first-order valence-electron chi connectivity index (χ1n) is 4.35. The monoisotopic (exact) mass is 179 g/mol. The van der Waals surface area contributed by atoms with Gasteiger partial charge in [0.1, 0.15) is 0 Å². The minimum absolute atomic E-state index is 0.756. The van der Waals surface area contributed by atoms with Crippen molar-refractivity contribution in [1.29, 1.82) is 0 Å². The van der Waals surface area contributed by atoms with Gasteiger partial charge in [0, 0.05) is 10.6 Å². The fourth-order valence-electron chi connectivity index (χ4n) is 1.56. The summed E-state index contributed by atoms with van der Waals surface area (Å²) < 4.78 is 0. The molecule has 64 valence electrons. The van der Waals surface area contributed by atoms with Gasteiger partial charge in [-0.05, 0) is 36.6 Å². The average molecular weight is 179 g/mol. The van der Waals surface area contributed by atoms with Crippen LogP contribution in [0.5, 0.6) is 0 Å². The Hall–Kier alpha value is -0.470. The van der Waals surface area contributed by atoms with Gasteiger partial charge in [0.05, 0.1) is 0 Å². The first kappa shape index (κ1) is 8.14. The van der Waals surface area contributed by atoms with Gasteiger partial charge in [-0.2, -0.15) is 0 Å². The lowest BCUT2D eigenvalue weighted by atomic mass is 10.1. The number of rotatable bonds is 2. The van der Waals surface area contributed by atoms with Crippen molar-refractivity contribution >= 4 is 11.8 Å². The number of nitrogens with two attached hydrogens (primary N) is 1. The molecule has 1 nitrogen and oxygen atoms in total. The Morgan fingerprint density at radius 3 is 3.17 bits per heavy atom. The molecule has 1 aromatic carbocycles. The van der Waals surface area contributed by atoms with Crippen molar-refractivity contribution in [3.8, 4) is 0 Å². The molecule has 0 saturated carbocycles. The van der Waals surface area contributed by atoms with Crippen LogP contribution in [0, 0.1) is 0 Å². The van der Waals surface area contributed by atoms with Gasteiger partial charge in [-0.1, -0.05) is 12.1 Å². The van der Waals surface area contributed by atoms with Gasteiger partial charge in [0.2, 0.25) is 0 Å². The molecular formula is C10H13NS. The molecule has 0 radical (unpaired) electrons. The molecule has 1 heterocycles. The minimum Gasteiger partial charge on any atom is -0.330 e. The molecule has 12 heavy (non-hydrogen) atoms. The van der Waals surface area contributed by atoms with Crippen molar-refractivity contribution in [1.82, 2.24) is 0 Å². The Morgan fingerprint density at radius 2 is 2.33 bits per heavy atom. The number of thioether (sulfide) groups is 1. The molecule has 2 heteroatoms. The first-order chi connectivity index (χ1) is 5.90. The summed E-state index contributed by atoms with van der Waals surface area (Å²) in [6.07, 6.45) is 2.25. The molecular weight excluding hydrogens is 166 g/mol. The van der Waals surface area contributed by atoms with Crippen LogP contribution in [0.4, 0.5) is 0 Å². The van der Waals surface area contributed by atoms with Crippen LogP contribution in [0.3, 0.4) is 0 Å². The quantitative estimate of drug-likeness (QED) is 0.749. The average Bonchev–Trinajstić information content (AvgIpc) is 2.51. The summed E-state index contributed by atoms with van der Waals surface area (Å²) in [5.41, 5.74) is 8.41. The molecule has 1 aromatic rings. The highest BCUT2D eigenvalue weighted by molar-refractivity contribution is 7.99. The lowest BCUT2D eigenvalue weighted by Crippen LogP contribution is -2.02. The van der Waals surface area contributed by atoms with E-state index in [9.17, 15) is 0 Å². The van der Waals surface area contributed by atoms with Crippen molar-refractivity contribution in [3.05, 3.63) is 29.3 Å². The van der Waals surface area contributed by atoms with E-state index in [0.29, 0.717) is 0 Å². The number of benzene rings is 1. The molecule has 0 fully saturated rings. The Labute approximate surface area is 77.3 Å². The molecule has 1 aliphatic rings. The number of hydrogen-bond donors (Lipinski definition) is 1. The summed E-state index contributed by atoms with van der Waals surface area (Å²) in [6.45, 7) is 0.756. The van der Waals surface area contributed by atoms with Crippen molar-refractivity contribution < 1.29 is 0 Å². The molecule has 0 saturated heterocycles. The van der Waals surface area contributed by atoms with E-state index in [-0.39, 0.29) is 0 Å². The summed E-state index contributed by atoms with van der Waals surface area (Å²) in [7, 11) is 0. The van der Waals surface area contributed by atoms with E-state index in [4.69, 9.17) is 5.73 Å². The van der Waals surface area contributed by atoms with Crippen LogP contribution >= 0.6 is 11.8 Å². The molecule has 0 aromatic heterocycles. The minimum atomic E-state index is 0.756. The molecule has 0 unspecified atom stereocenters. The van der Waals surface area contributed by atoms with Gasteiger partial charge in [0.25, 0.3) is 0 Å². The second kappa shape index (κ2) is 3.50. The molecule has 2 rings (SSSR count). The highest BCUT2D eigenvalue weighted by atomic mass is 32.2. The SMILES string of the molecule is NCCc1ccc2c(c1)CCS2. The third-order valence-electron chi connectivity index (χ3n) is 2.19. The van der Waals surface area contributed by atoms with Crippen molar-refractivity contribution in [2.24, 2.45) is 5.73 Å². The fourth-order valence-corrected chi connectivity index (χ4v) is 2.61. The van der Waals surface area contributed by atoms with E-state index in [1.165, 1.54) is 28.2 Å². The highest BCUT2D eigenvalue weighted by Crippen LogP contribution is 2.31. The molecule has 0 atom stereocenters. The molecule has 1 aliphatic heterocycles. The fraction of sp³-hybridized carbons (Fsp3) is 0.400. The zero-order valence-corrected chi connectivity index (χ0v) is 7.86. The summed E-state index contributed by atoms with van der Waals surface area (Å²) in [6, 6.07) is 6.74. The van der Waals surface area contributed by atoms with E-state index >= 15 is 0 Å². The Balaban J connectivity index is 2.26. The predicted molar refractivity (Wildman–Crippen MR) is 53.6 cm³/mol. The van der Waals surface area contributed by atoms with E-state index in [1.54, 1.807) is 0 Å². The zero-order valence-electron chi connectivity index (χ0n) is 7.05. The topological polar surface area (TPSA) is 26.0 Å². The number of fused-ring (bicyclic) bond motifs is 1. The largest absolute Gasteiger partial charge is 0.330 e. The van der Waals surface area contributed by atoms with Gasteiger partial charge in [-0.15, -0.1) is 11.8 Å².